The van der Waals surface area contributed by atoms with Crippen LogP contribution in [-0.2, 0) is 0 Å². The summed E-state index contributed by atoms with van der Waals surface area (Å²) < 4.78 is 5.63. The van der Waals surface area contributed by atoms with E-state index in [4.69, 9.17) is 16.3 Å². The standard InChI is InChI=1S/C20H35ClN2O/c1-3-4-5-6-7-8-9-10-11-12-13-14-15-16-24-19-17-18(2)22-20(21)23-19/h17H,3-16H2,1-2H3. The Morgan fingerprint density at radius 2 is 1.29 bits per heavy atom. The first-order valence-electron chi connectivity index (χ1n) is 9.86. The summed E-state index contributed by atoms with van der Waals surface area (Å²) in [6.45, 7) is 4.88. The lowest BCUT2D eigenvalue weighted by Crippen LogP contribution is -2.00. The number of hydrogen-bond donors (Lipinski definition) is 0. The molecular formula is C20H35ClN2O. The van der Waals surface area contributed by atoms with Crippen LogP contribution in [0.2, 0.25) is 5.28 Å². The van der Waals surface area contributed by atoms with Crippen molar-refractivity contribution in [2.24, 2.45) is 0 Å². The highest BCUT2D eigenvalue weighted by Crippen LogP contribution is 2.14. The van der Waals surface area contributed by atoms with Gasteiger partial charge in [0.25, 0.3) is 0 Å². The van der Waals surface area contributed by atoms with E-state index < -0.39 is 0 Å². The van der Waals surface area contributed by atoms with Crippen LogP contribution >= 0.6 is 11.6 Å². The van der Waals surface area contributed by atoms with Crippen LogP contribution in [-0.4, -0.2) is 16.6 Å². The second-order valence-corrected chi connectivity index (χ2v) is 7.05. The van der Waals surface area contributed by atoms with Gasteiger partial charge in [-0.2, -0.15) is 4.98 Å². The van der Waals surface area contributed by atoms with Gasteiger partial charge in [-0.3, -0.25) is 0 Å². The molecule has 0 aliphatic carbocycles. The maximum absolute atomic E-state index is 5.81. The van der Waals surface area contributed by atoms with Gasteiger partial charge in [-0.05, 0) is 24.9 Å². The number of ether oxygens (including phenoxy) is 1. The minimum atomic E-state index is 0.260. The lowest BCUT2D eigenvalue weighted by Gasteiger charge is -2.06. The lowest BCUT2D eigenvalue weighted by atomic mass is 10.0. The van der Waals surface area contributed by atoms with Gasteiger partial charge in [0, 0.05) is 11.8 Å². The number of nitrogens with zero attached hydrogens (tertiary/aromatic N) is 2. The smallest absolute Gasteiger partial charge is 0.225 e. The van der Waals surface area contributed by atoms with Gasteiger partial charge in [0.1, 0.15) is 0 Å². The molecule has 0 saturated heterocycles. The maximum Gasteiger partial charge on any atom is 0.225 e. The molecule has 0 saturated carbocycles. The van der Waals surface area contributed by atoms with Crippen molar-refractivity contribution in [3.05, 3.63) is 17.0 Å². The monoisotopic (exact) mass is 354 g/mol. The summed E-state index contributed by atoms with van der Waals surface area (Å²) >= 11 is 5.81. The van der Waals surface area contributed by atoms with Gasteiger partial charge in [0.05, 0.1) is 6.61 Å². The van der Waals surface area contributed by atoms with Crippen LogP contribution in [0.5, 0.6) is 5.88 Å². The van der Waals surface area contributed by atoms with E-state index in [0.29, 0.717) is 12.5 Å². The van der Waals surface area contributed by atoms with E-state index in [0.717, 1.165) is 12.1 Å². The van der Waals surface area contributed by atoms with E-state index in [1.165, 1.54) is 77.0 Å². The average molecular weight is 355 g/mol. The zero-order chi connectivity index (χ0) is 17.5. The van der Waals surface area contributed by atoms with Crippen LogP contribution in [0.25, 0.3) is 0 Å². The molecule has 1 aromatic heterocycles. The van der Waals surface area contributed by atoms with E-state index >= 15 is 0 Å². The molecule has 0 radical (unpaired) electrons. The van der Waals surface area contributed by atoms with Crippen molar-refractivity contribution >= 4 is 11.6 Å². The molecular weight excluding hydrogens is 320 g/mol. The SMILES string of the molecule is CCCCCCCCCCCCCCCOc1cc(C)nc(Cl)n1. The van der Waals surface area contributed by atoms with Crippen molar-refractivity contribution in [2.75, 3.05) is 6.61 Å². The topological polar surface area (TPSA) is 35.0 Å². The predicted octanol–water partition coefficient (Wildman–Crippen LogP) is 6.91. The van der Waals surface area contributed by atoms with Crippen molar-refractivity contribution < 1.29 is 4.74 Å². The first-order valence-corrected chi connectivity index (χ1v) is 10.2. The zero-order valence-corrected chi connectivity index (χ0v) is 16.4. The summed E-state index contributed by atoms with van der Waals surface area (Å²) in [7, 11) is 0. The molecule has 0 aliphatic rings. The van der Waals surface area contributed by atoms with Crippen molar-refractivity contribution in [3.63, 3.8) is 0 Å². The van der Waals surface area contributed by atoms with E-state index in [9.17, 15) is 0 Å². The first kappa shape index (κ1) is 21.2. The van der Waals surface area contributed by atoms with E-state index in [1.54, 1.807) is 0 Å². The van der Waals surface area contributed by atoms with Crippen LogP contribution in [0, 0.1) is 6.92 Å². The molecule has 0 fully saturated rings. The van der Waals surface area contributed by atoms with Gasteiger partial charge in [-0.25, -0.2) is 4.98 Å². The van der Waals surface area contributed by atoms with Crippen molar-refractivity contribution in [3.8, 4) is 5.88 Å². The molecule has 1 rings (SSSR count). The minimum absolute atomic E-state index is 0.260. The largest absolute Gasteiger partial charge is 0.478 e. The van der Waals surface area contributed by atoms with Crippen LogP contribution in [0.1, 0.15) is 96.1 Å². The van der Waals surface area contributed by atoms with Crippen LogP contribution in [0.4, 0.5) is 0 Å². The van der Waals surface area contributed by atoms with Gasteiger partial charge < -0.3 is 4.74 Å². The van der Waals surface area contributed by atoms with Gasteiger partial charge in [0.15, 0.2) is 0 Å². The number of halogens is 1. The third kappa shape index (κ3) is 11.7. The maximum atomic E-state index is 5.81. The highest BCUT2D eigenvalue weighted by molar-refractivity contribution is 6.28. The molecule has 0 aliphatic heterocycles. The van der Waals surface area contributed by atoms with Crippen LogP contribution < -0.4 is 4.74 Å². The van der Waals surface area contributed by atoms with E-state index in [-0.39, 0.29) is 5.28 Å². The molecule has 0 unspecified atom stereocenters. The molecule has 1 aromatic rings. The Hall–Kier alpha value is -0.830. The fourth-order valence-corrected chi connectivity index (χ4v) is 3.09. The number of unbranched alkanes of at least 4 members (excludes halogenated alkanes) is 12. The summed E-state index contributed by atoms with van der Waals surface area (Å²) in [5, 5.41) is 0.260. The molecule has 4 heteroatoms. The molecule has 0 amide bonds. The van der Waals surface area contributed by atoms with Crippen LogP contribution in [0.15, 0.2) is 6.07 Å². The van der Waals surface area contributed by atoms with Gasteiger partial charge in [-0.1, -0.05) is 84.0 Å². The highest BCUT2D eigenvalue weighted by Gasteiger charge is 2.01. The minimum Gasteiger partial charge on any atom is -0.478 e. The molecule has 1 heterocycles. The molecule has 0 aromatic carbocycles. The summed E-state index contributed by atoms with van der Waals surface area (Å²) in [6.07, 6.45) is 17.7. The molecule has 0 atom stereocenters. The second-order valence-electron chi connectivity index (χ2n) is 6.71. The molecule has 3 nitrogen and oxygen atoms in total. The van der Waals surface area contributed by atoms with Gasteiger partial charge in [0.2, 0.25) is 11.2 Å². The Morgan fingerprint density at radius 1 is 0.792 bits per heavy atom. The number of aromatic nitrogens is 2. The normalized spacial score (nSPS) is 11.0. The molecule has 0 N–H and O–H groups in total. The lowest BCUT2D eigenvalue weighted by molar-refractivity contribution is 0.292. The van der Waals surface area contributed by atoms with Crippen molar-refractivity contribution in [1.82, 2.24) is 9.97 Å². The number of rotatable bonds is 15. The Balaban J connectivity index is 1.84. The van der Waals surface area contributed by atoms with Gasteiger partial charge in [-0.15, -0.1) is 0 Å². The van der Waals surface area contributed by atoms with Crippen molar-refractivity contribution in [2.45, 2.75) is 97.3 Å². The van der Waals surface area contributed by atoms with E-state index in [1.807, 2.05) is 13.0 Å². The Kier molecular flexibility index (Phi) is 12.8. The Morgan fingerprint density at radius 3 is 1.79 bits per heavy atom. The third-order valence-electron chi connectivity index (χ3n) is 4.30. The van der Waals surface area contributed by atoms with E-state index in [2.05, 4.69) is 16.9 Å². The average Bonchev–Trinajstić information content (AvgIpc) is 2.54. The van der Waals surface area contributed by atoms with Gasteiger partial charge >= 0.3 is 0 Å². The highest BCUT2D eigenvalue weighted by atomic mass is 35.5. The summed E-state index contributed by atoms with van der Waals surface area (Å²) in [5.41, 5.74) is 0.843. The molecule has 24 heavy (non-hydrogen) atoms. The first-order chi connectivity index (χ1) is 11.7. The fraction of sp³-hybridized carbons (Fsp3) is 0.800. The van der Waals surface area contributed by atoms with Crippen molar-refractivity contribution in [1.29, 1.82) is 0 Å². The molecule has 0 spiro atoms. The molecule has 0 bridgehead atoms. The third-order valence-corrected chi connectivity index (χ3v) is 4.47. The number of aryl methyl sites for hydroxylation is 1. The quantitative estimate of drug-likeness (QED) is 0.253. The number of hydrogen-bond acceptors (Lipinski definition) is 3. The summed E-state index contributed by atoms with van der Waals surface area (Å²) in [5.74, 6) is 0.589. The predicted molar refractivity (Wildman–Crippen MR) is 103 cm³/mol. The second kappa shape index (κ2) is 14.5. The summed E-state index contributed by atoms with van der Waals surface area (Å²) in [6, 6.07) is 1.83. The summed E-state index contributed by atoms with van der Waals surface area (Å²) in [4.78, 5) is 8.09. The Bertz CT molecular complexity index is 406. The fourth-order valence-electron chi connectivity index (χ4n) is 2.88. The van der Waals surface area contributed by atoms with Crippen LogP contribution in [0.3, 0.4) is 0 Å². The Labute approximate surface area is 153 Å². The molecule has 138 valence electrons. The zero-order valence-electron chi connectivity index (χ0n) is 15.7.